The molecule has 0 radical (unpaired) electrons. The molecule has 31 heavy (non-hydrogen) atoms. The molecule has 2 aliphatic rings. The molecule has 0 saturated heterocycles. The number of hydrogen-bond acceptors (Lipinski definition) is 5. The van der Waals surface area contributed by atoms with Crippen LogP contribution in [0.2, 0.25) is 10.0 Å². The van der Waals surface area contributed by atoms with Crippen LogP contribution in [-0.4, -0.2) is 34.0 Å². The lowest BCUT2D eigenvalue weighted by Crippen LogP contribution is -2.39. The Labute approximate surface area is 198 Å². The number of nitrogens with zero attached hydrogens (tertiary/aromatic N) is 3. The van der Waals surface area contributed by atoms with E-state index in [0.717, 1.165) is 12.8 Å². The third-order valence-corrected chi connectivity index (χ3v) is 6.17. The molecule has 1 fully saturated rings. The monoisotopic (exact) mass is 523 g/mol. The molecular weight excluding hydrogens is 505 g/mol. The second kappa shape index (κ2) is 9.14. The summed E-state index contributed by atoms with van der Waals surface area (Å²) in [5.41, 5.74) is 1.45. The summed E-state index contributed by atoms with van der Waals surface area (Å²) in [5, 5.41) is 12.5. The highest BCUT2D eigenvalue weighted by Gasteiger charge is 2.35. The number of carbonyl (C=O) groups excluding carboxylic acids is 2. The van der Waals surface area contributed by atoms with Crippen molar-refractivity contribution in [3.05, 3.63) is 51.6 Å². The third-order valence-electron chi connectivity index (χ3n) is 5.17. The molecule has 7 nitrogen and oxygen atoms in total. The second-order valence-corrected chi connectivity index (χ2v) is 9.40. The summed E-state index contributed by atoms with van der Waals surface area (Å²) in [5.74, 6) is 0.323. The standard InChI is InChI=1S/C21H20BrCl2N5O2/c1-11-7-13(23)8-14(20(30)26-10-12-4-5-12)18(11)27-21(31)16-9-17(22)28-29(16)19-15(24)3-2-6-25-19/h2-3,6-8,12,16H,4-5,9-10H2,1H3,(H,26,30)(H,27,31). The van der Waals surface area contributed by atoms with Gasteiger partial charge in [-0.3, -0.25) is 9.59 Å². The molecule has 1 unspecified atom stereocenters. The molecule has 1 aliphatic heterocycles. The van der Waals surface area contributed by atoms with E-state index in [0.29, 0.717) is 56.2 Å². The number of rotatable bonds is 6. The zero-order valence-electron chi connectivity index (χ0n) is 16.7. The van der Waals surface area contributed by atoms with Gasteiger partial charge in [0.25, 0.3) is 5.91 Å². The number of hydrogen-bond donors (Lipinski definition) is 2. The van der Waals surface area contributed by atoms with E-state index in [1.807, 2.05) is 0 Å². The summed E-state index contributed by atoms with van der Waals surface area (Å²) in [6.07, 6.45) is 4.18. The van der Waals surface area contributed by atoms with Crippen molar-refractivity contribution in [2.75, 3.05) is 16.9 Å². The lowest BCUT2D eigenvalue weighted by molar-refractivity contribution is -0.117. The van der Waals surface area contributed by atoms with Crippen LogP contribution in [0.4, 0.5) is 11.5 Å². The Kier molecular flexibility index (Phi) is 6.50. The molecular formula is C21H20BrCl2N5O2. The van der Waals surface area contributed by atoms with Crippen molar-refractivity contribution < 1.29 is 9.59 Å². The smallest absolute Gasteiger partial charge is 0.253 e. The first-order valence-electron chi connectivity index (χ1n) is 9.85. The number of pyridine rings is 1. The molecule has 2 aromatic rings. The van der Waals surface area contributed by atoms with Gasteiger partial charge >= 0.3 is 0 Å². The Morgan fingerprint density at radius 1 is 1.29 bits per heavy atom. The highest BCUT2D eigenvalue weighted by Crippen LogP contribution is 2.32. The van der Waals surface area contributed by atoms with Gasteiger partial charge in [-0.2, -0.15) is 5.10 Å². The van der Waals surface area contributed by atoms with Gasteiger partial charge < -0.3 is 10.6 Å². The molecule has 0 spiro atoms. The number of benzene rings is 1. The predicted octanol–water partition coefficient (Wildman–Crippen LogP) is 4.76. The van der Waals surface area contributed by atoms with Crippen molar-refractivity contribution in [3.8, 4) is 0 Å². The average Bonchev–Trinajstić information content (AvgIpc) is 3.48. The molecule has 1 atom stereocenters. The van der Waals surface area contributed by atoms with Gasteiger partial charge in [0.1, 0.15) is 10.7 Å². The van der Waals surface area contributed by atoms with Crippen molar-refractivity contribution in [3.63, 3.8) is 0 Å². The lowest BCUT2D eigenvalue weighted by atomic mass is 10.1. The van der Waals surface area contributed by atoms with E-state index in [1.165, 1.54) is 5.01 Å². The minimum atomic E-state index is -0.681. The molecule has 1 saturated carbocycles. The van der Waals surface area contributed by atoms with Gasteiger partial charge in [-0.15, -0.1) is 0 Å². The molecule has 1 aromatic heterocycles. The average molecular weight is 525 g/mol. The number of aromatic nitrogens is 1. The molecule has 2 amide bonds. The van der Waals surface area contributed by atoms with Crippen molar-refractivity contribution >= 4 is 67.1 Å². The minimum absolute atomic E-state index is 0.263. The number of aryl methyl sites for hydroxylation is 1. The zero-order chi connectivity index (χ0) is 22.1. The predicted molar refractivity (Wildman–Crippen MR) is 126 cm³/mol. The molecule has 1 aromatic carbocycles. The van der Waals surface area contributed by atoms with Crippen LogP contribution in [0.1, 0.15) is 35.2 Å². The van der Waals surface area contributed by atoms with Crippen LogP contribution >= 0.6 is 39.1 Å². The Hall–Kier alpha value is -2.16. The van der Waals surface area contributed by atoms with Gasteiger partial charge in [0, 0.05) is 24.2 Å². The Bertz CT molecular complexity index is 1070. The van der Waals surface area contributed by atoms with Crippen molar-refractivity contribution in [2.45, 2.75) is 32.2 Å². The van der Waals surface area contributed by atoms with Crippen molar-refractivity contribution in [1.82, 2.24) is 10.3 Å². The van der Waals surface area contributed by atoms with Crippen LogP contribution in [0, 0.1) is 12.8 Å². The van der Waals surface area contributed by atoms with Crippen LogP contribution in [-0.2, 0) is 4.79 Å². The zero-order valence-corrected chi connectivity index (χ0v) is 19.8. The first kappa shape index (κ1) is 22.0. The van der Waals surface area contributed by atoms with Crippen LogP contribution in [0.25, 0.3) is 0 Å². The van der Waals surface area contributed by atoms with E-state index < -0.39 is 6.04 Å². The van der Waals surface area contributed by atoms with E-state index in [1.54, 1.807) is 37.4 Å². The Morgan fingerprint density at radius 3 is 2.77 bits per heavy atom. The fraction of sp³-hybridized carbons (Fsp3) is 0.333. The largest absolute Gasteiger partial charge is 0.352 e. The molecule has 4 rings (SSSR count). The van der Waals surface area contributed by atoms with E-state index in [-0.39, 0.29) is 11.8 Å². The molecule has 1 aliphatic carbocycles. The van der Waals surface area contributed by atoms with Gasteiger partial charge in [-0.1, -0.05) is 23.2 Å². The van der Waals surface area contributed by atoms with Crippen LogP contribution in [0.15, 0.2) is 35.6 Å². The maximum atomic E-state index is 13.3. The third kappa shape index (κ3) is 5.02. The SMILES string of the molecule is Cc1cc(Cl)cc(C(=O)NCC2CC2)c1NC(=O)C1CC(Br)=NN1c1ncccc1Cl. The highest BCUT2D eigenvalue weighted by molar-refractivity contribution is 9.18. The lowest BCUT2D eigenvalue weighted by Gasteiger charge is -2.23. The van der Waals surface area contributed by atoms with E-state index in [2.05, 4.69) is 36.6 Å². The number of nitrogens with one attached hydrogen (secondary N) is 2. The fourth-order valence-corrected chi connectivity index (χ4v) is 4.33. The topological polar surface area (TPSA) is 86.7 Å². The normalized spacial score (nSPS) is 18.0. The molecule has 2 N–H and O–H groups in total. The number of amides is 2. The first-order valence-corrected chi connectivity index (χ1v) is 11.4. The number of anilines is 2. The number of hydrazone groups is 1. The van der Waals surface area contributed by atoms with Gasteiger partial charge in [0.2, 0.25) is 5.91 Å². The second-order valence-electron chi connectivity index (χ2n) is 7.64. The van der Waals surface area contributed by atoms with Crippen LogP contribution < -0.4 is 15.6 Å². The summed E-state index contributed by atoms with van der Waals surface area (Å²) in [6, 6.07) is 6.00. The maximum Gasteiger partial charge on any atom is 0.253 e. The molecule has 10 heteroatoms. The summed E-state index contributed by atoms with van der Waals surface area (Å²) in [6.45, 7) is 2.42. The van der Waals surface area contributed by atoms with E-state index in [9.17, 15) is 9.59 Å². The number of carbonyl (C=O) groups is 2. The fourth-order valence-electron chi connectivity index (χ4n) is 3.37. The molecule has 0 bridgehead atoms. The number of halogens is 3. The van der Waals surface area contributed by atoms with Crippen molar-refractivity contribution in [2.24, 2.45) is 11.0 Å². The quantitative estimate of drug-likeness (QED) is 0.570. The summed E-state index contributed by atoms with van der Waals surface area (Å²) in [4.78, 5) is 30.3. The Balaban J connectivity index is 1.59. The van der Waals surface area contributed by atoms with Gasteiger partial charge in [0.15, 0.2) is 5.82 Å². The van der Waals surface area contributed by atoms with Crippen LogP contribution in [0.3, 0.4) is 0 Å². The van der Waals surface area contributed by atoms with Crippen molar-refractivity contribution in [1.29, 1.82) is 0 Å². The van der Waals surface area contributed by atoms with E-state index in [4.69, 9.17) is 23.2 Å². The van der Waals surface area contributed by atoms with Gasteiger partial charge in [-0.05, 0) is 71.4 Å². The summed E-state index contributed by atoms with van der Waals surface area (Å²) >= 11 is 15.8. The first-order chi connectivity index (χ1) is 14.8. The van der Waals surface area contributed by atoms with Gasteiger partial charge in [-0.25, -0.2) is 9.99 Å². The van der Waals surface area contributed by atoms with Crippen LogP contribution in [0.5, 0.6) is 0 Å². The Morgan fingerprint density at radius 2 is 2.06 bits per heavy atom. The minimum Gasteiger partial charge on any atom is -0.352 e. The van der Waals surface area contributed by atoms with Gasteiger partial charge in [0.05, 0.1) is 16.3 Å². The highest BCUT2D eigenvalue weighted by atomic mass is 79.9. The summed E-state index contributed by atoms with van der Waals surface area (Å²) < 4.78 is 0.601. The molecule has 2 heterocycles. The molecule has 162 valence electrons. The maximum absolute atomic E-state index is 13.3. The summed E-state index contributed by atoms with van der Waals surface area (Å²) in [7, 11) is 0. The van der Waals surface area contributed by atoms with E-state index >= 15 is 0 Å².